The Labute approximate surface area is 128 Å². The van der Waals surface area contributed by atoms with Crippen LogP contribution >= 0.6 is 0 Å². The highest BCUT2D eigenvalue weighted by Crippen LogP contribution is 2.26. The molecule has 0 radical (unpaired) electrons. The highest BCUT2D eigenvalue weighted by Gasteiger charge is 2.29. The zero-order chi connectivity index (χ0) is 16.1. The van der Waals surface area contributed by atoms with E-state index in [4.69, 9.17) is 9.84 Å². The summed E-state index contributed by atoms with van der Waals surface area (Å²) in [4.78, 5) is 25.0. The number of ether oxygens (including phenoxy) is 1. The van der Waals surface area contributed by atoms with Crippen molar-refractivity contribution in [1.82, 2.24) is 4.90 Å². The zero-order valence-electron chi connectivity index (χ0n) is 12.5. The number of carbonyl (C=O) groups is 2. The minimum atomic E-state index is -0.884. The highest BCUT2D eigenvalue weighted by atomic mass is 19.1. The van der Waals surface area contributed by atoms with Gasteiger partial charge in [0.15, 0.2) is 11.6 Å². The van der Waals surface area contributed by atoms with Crippen LogP contribution in [0.15, 0.2) is 18.2 Å². The van der Waals surface area contributed by atoms with Gasteiger partial charge in [-0.3, -0.25) is 9.59 Å². The normalized spacial score (nSPS) is 18.1. The third-order valence-electron chi connectivity index (χ3n) is 3.99. The van der Waals surface area contributed by atoms with Crippen molar-refractivity contribution in [3.63, 3.8) is 0 Å². The van der Waals surface area contributed by atoms with E-state index >= 15 is 0 Å². The number of piperidine rings is 1. The largest absolute Gasteiger partial charge is 0.494 e. The van der Waals surface area contributed by atoms with Gasteiger partial charge in [-0.05, 0) is 37.8 Å². The van der Waals surface area contributed by atoms with Crippen LogP contribution in [0.1, 0.15) is 42.5 Å². The summed E-state index contributed by atoms with van der Waals surface area (Å²) in [6.45, 7) is 0.528. The Kier molecular flexibility index (Phi) is 5.35. The van der Waals surface area contributed by atoms with E-state index in [2.05, 4.69) is 0 Å². The number of hydrogen-bond donors (Lipinski definition) is 1. The molecule has 0 spiro atoms. The molecule has 1 amide bonds. The van der Waals surface area contributed by atoms with Crippen molar-refractivity contribution in [3.8, 4) is 5.75 Å². The van der Waals surface area contributed by atoms with Crippen LogP contribution in [-0.2, 0) is 4.79 Å². The number of aliphatic carboxylic acids is 1. The number of amides is 1. The Morgan fingerprint density at radius 2 is 2.18 bits per heavy atom. The van der Waals surface area contributed by atoms with E-state index in [9.17, 15) is 14.0 Å². The van der Waals surface area contributed by atoms with Gasteiger partial charge in [0.1, 0.15) is 0 Å². The van der Waals surface area contributed by atoms with E-state index in [0.29, 0.717) is 13.0 Å². The molecule has 1 fully saturated rings. The van der Waals surface area contributed by atoms with E-state index in [-0.39, 0.29) is 23.8 Å². The number of carboxylic acid groups (broad SMARTS) is 1. The fourth-order valence-electron chi connectivity index (χ4n) is 2.85. The molecule has 1 heterocycles. The molecule has 1 N–H and O–H groups in total. The lowest BCUT2D eigenvalue weighted by atomic mass is 9.96. The van der Waals surface area contributed by atoms with Crippen LogP contribution in [0.5, 0.6) is 5.75 Å². The second kappa shape index (κ2) is 7.24. The second-order valence-corrected chi connectivity index (χ2v) is 5.40. The summed E-state index contributed by atoms with van der Waals surface area (Å²) in [5.74, 6) is -1.92. The van der Waals surface area contributed by atoms with Gasteiger partial charge in [0.2, 0.25) is 0 Å². The first kappa shape index (κ1) is 16.3. The van der Waals surface area contributed by atoms with Crippen molar-refractivity contribution in [2.75, 3.05) is 13.7 Å². The van der Waals surface area contributed by atoms with Gasteiger partial charge in [0, 0.05) is 19.0 Å². The number of nitrogens with zero attached hydrogens (tertiary/aromatic N) is 1. The van der Waals surface area contributed by atoms with E-state index in [1.807, 2.05) is 0 Å². The molecule has 0 aliphatic carbocycles. The van der Waals surface area contributed by atoms with Crippen LogP contribution in [0.25, 0.3) is 0 Å². The number of benzene rings is 1. The van der Waals surface area contributed by atoms with Gasteiger partial charge in [0.25, 0.3) is 5.91 Å². The molecule has 0 unspecified atom stereocenters. The third-order valence-corrected chi connectivity index (χ3v) is 3.99. The molecule has 1 saturated heterocycles. The molecule has 5 nitrogen and oxygen atoms in total. The lowest BCUT2D eigenvalue weighted by Crippen LogP contribution is -2.44. The van der Waals surface area contributed by atoms with E-state index < -0.39 is 17.7 Å². The molecule has 1 aliphatic heterocycles. The maximum Gasteiger partial charge on any atom is 0.303 e. The molecule has 22 heavy (non-hydrogen) atoms. The number of halogens is 1. The van der Waals surface area contributed by atoms with E-state index in [1.165, 1.54) is 19.2 Å². The Morgan fingerprint density at radius 1 is 1.41 bits per heavy atom. The van der Waals surface area contributed by atoms with Gasteiger partial charge in [-0.1, -0.05) is 6.07 Å². The van der Waals surface area contributed by atoms with Crippen LogP contribution < -0.4 is 4.74 Å². The number of likely N-dealkylation sites (tertiary alicyclic amines) is 1. The van der Waals surface area contributed by atoms with Gasteiger partial charge in [-0.2, -0.15) is 0 Å². The lowest BCUT2D eigenvalue weighted by molar-refractivity contribution is -0.137. The molecule has 1 atom stereocenters. The van der Waals surface area contributed by atoms with Crippen molar-refractivity contribution in [3.05, 3.63) is 29.6 Å². The molecular weight excluding hydrogens is 289 g/mol. The van der Waals surface area contributed by atoms with E-state index in [0.717, 1.165) is 19.3 Å². The van der Waals surface area contributed by atoms with Crippen molar-refractivity contribution in [1.29, 1.82) is 0 Å². The van der Waals surface area contributed by atoms with Crippen LogP contribution in [-0.4, -0.2) is 41.6 Å². The van der Waals surface area contributed by atoms with Crippen molar-refractivity contribution in [2.45, 2.75) is 38.1 Å². The summed E-state index contributed by atoms with van der Waals surface area (Å²) >= 11 is 0. The predicted molar refractivity (Wildman–Crippen MR) is 78.5 cm³/mol. The second-order valence-electron chi connectivity index (χ2n) is 5.40. The smallest absolute Gasteiger partial charge is 0.303 e. The monoisotopic (exact) mass is 309 g/mol. The van der Waals surface area contributed by atoms with Gasteiger partial charge in [-0.25, -0.2) is 4.39 Å². The quantitative estimate of drug-likeness (QED) is 0.908. The molecule has 1 aromatic carbocycles. The fourth-order valence-corrected chi connectivity index (χ4v) is 2.85. The Hall–Kier alpha value is -2.11. The number of rotatable bonds is 5. The minimum Gasteiger partial charge on any atom is -0.494 e. The molecule has 120 valence electrons. The number of carbonyl (C=O) groups excluding carboxylic acids is 1. The van der Waals surface area contributed by atoms with Crippen LogP contribution in [0, 0.1) is 5.82 Å². The maximum absolute atomic E-state index is 14.3. The SMILES string of the molecule is COc1cccc(C(=O)N2CCCC[C@@H]2CCC(=O)O)c1F. The summed E-state index contributed by atoms with van der Waals surface area (Å²) in [5.41, 5.74) is -0.0263. The van der Waals surface area contributed by atoms with Crippen molar-refractivity contribution < 1.29 is 23.8 Å². The minimum absolute atomic E-state index is 0.00897. The fraction of sp³-hybridized carbons (Fsp3) is 0.500. The average molecular weight is 309 g/mol. The van der Waals surface area contributed by atoms with Crippen molar-refractivity contribution >= 4 is 11.9 Å². The molecule has 2 rings (SSSR count). The molecule has 0 saturated carbocycles. The summed E-state index contributed by atoms with van der Waals surface area (Å²) in [6.07, 6.45) is 2.96. The first-order valence-electron chi connectivity index (χ1n) is 7.40. The van der Waals surface area contributed by atoms with Crippen LogP contribution in [0.4, 0.5) is 4.39 Å². The third kappa shape index (κ3) is 3.55. The number of carboxylic acids is 1. The lowest BCUT2D eigenvalue weighted by Gasteiger charge is -2.35. The summed E-state index contributed by atoms with van der Waals surface area (Å²) in [5, 5.41) is 8.82. The predicted octanol–water partition coefficient (Wildman–Crippen LogP) is 2.69. The summed E-state index contributed by atoms with van der Waals surface area (Å²) < 4.78 is 19.2. The molecule has 1 aromatic rings. The Morgan fingerprint density at radius 3 is 2.86 bits per heavy atom. The first-order chi connectivity index (χ1) is 10.5. The summed E-state index contributed by atoms with van der Waals surface area (Å²) in [7, 11) is 1.35. The van der Waals surface area contributed by atoms with Gasteiger partial charge < -0.3 is 14.7 Å². The molecule has 0 aromatic heterocycles. The van der Waals surface area contributed by atoms with Gasteiger partial charge >= 0.3 is 5.97 Å². The standard InChI is InChI=1S/C16H20FNO4/c1-22-13-7-4-6-12(15(13)17)16(21)18-10-3-2-5-11(18)8-9-14(19)20/h4,6-7,11H,2-3,5,8-10H2,1H3,(H,19,20)/t11-/m1/s1. The first-order valence-corrected chi connectivity index (χ1v) is 7.40. The van der Waals surface area contributed by atoms with E-state index in [1.54, 1.807) is 11.0 Å². The summed E-state index contributed by atoms with van der Waals surface area (Å²) in [6, 6.07) is 4.32. The number of hydrogen-bond acceptors (Lipinski definition) is 3. The number of methoxy groups -OCH3 is 1. The Balaban J connectivity index is 2.20. The molecular formula is C16H20FNO4. The van der Waals surface area contributed by atoms with Crippen LogP contribution in [0.3, 0.4) is 0 Å². The molecule has 0 bridgehead atoms. The van der Waals surface area contributed by atoms with Crippen molar-refractivity contribution in [2.24, 2.45) is 0 Å². The van der Waals surface area contributed by atoms with Gasteiger partial charge in [0.05, 0.1) is 12.7 Å². The van der Waals surface area contributed by atoms with Gasteiger partial charge in [-0.15, -0.1) is 0 Å². The maximum atomic E-state index is 14.3. The Bertz CT molecular complexity index is 561. The average Bonchev–Trinajstić information content (AvgIpc) is 2.52. The zero-order valence-corrected chi connectivity index (χ0v) is 12.5. The molecule has 6 heteroatoms. The van der Waals surface area contributed by atoms with Crippen LogP contribution in [0.2, 0.25) is 0 Å². The highest BCUT2D eigenvalue weighted by molar-refractivity contribution is 5.95. The topological polar surface area (TPSA) is 66.8 Å². The molecule has 1 aliphatic rings.